The van der Waals surface area contributed by atoms with Crippen LogP contribution in [0.5, 0.6) is 0 Å². The Bertz CT molecular complexity index is 781. The second kappa shape index (κ2) is 5.97. The Morgan fingerprint density at radius 1 is 1.32 bits per heavy atom. The van der Waals surface area contributed by atoms with Crippen molar-refractivity contribution in [1.29, 1.82) is 0 Å². The fourth-order valence-corrected chi connectivity index (χ4v) is 2.46. The number of carbonyl (C=O) groups excluding carboxylic acids is 1. The van der Waals surface area contributed by atoms with Crippen molar-refractivity contribution in [2.24, 2.45) is 0 Å². The van der Waals surface area contributed by atoms with E-state index in [0.29, 0.717) is 12.0 Å². The van der Waals surface area contributed by atoms with Gasteiger partial charge >= 0.3 is 0 Å². The second-order valence-electron chi connectivity index (χ2n) is 5.45. The van der Waals surface area contributed by atoms with E-state index in [1.54, 1.807) is 23.5 Å². The average Bonchev–Trinajstić information content (AvgIpc) is 3.02. The van der Waals surface area contributed by atoms with Gasteiger partial charge in [0.2, 0.25) is 0 Å². The van der Waals surface area contributed by atoms with Gasteiger partial charge in [0, 0.05) is 55.4 Å². The van der Waals surface area contributed by atoms with Crippen LogP contribution >= 0.6 is 0 Å². The predicted molar refractivity (Wildman–Crippen MR) is 85.6 cm³/mol. The monoisotopic (exact) mass is 294 g/mol. The Morgan fingerprint density at radius 2 is 2.18 bits per heavy atom. The van der Waals surface area contributed by atoms with Crippen molar-refractivity contribution >= 4 is 16.8 Å². The summed E-state index contributed by atoms with van der Waals surface area (Å²) >= 11 is 0. The van der Waals surface area contributed by atoms with Crippen LogP contribution in [0.2, 0.25) is 0 Å². The van der Waals surface area contributed by atoms with Gasteiger partial charge in [-0.1, -0.05) is 6.07 Å². The highest BCUT2D eigenvalue weighted by Gasteiger charge is 2.18. The lowest BCUT2D eigenvalue weighted by atomic mass is 10.1. The quantitative estimate of drug-likeness (QED) is 0.804. The third-order valence-corrected chi connectivity index (χ3v) is 3.90. The Hall–Kier alpha value is -2.69. The van der Waals surface area contributed by atoms with Crippen LogP contribution in [0.15, 0.2) is 49.1 Å². The van der Waals surface area contributed by atoms with E-state index in [1.807, 2.05) is 44.4 Å². The van der Waals surface area contributed by atoms with Gasteiger partial charge in [-0.2, -0.15) is 0 Å². The van der Waals surface area contributed by atoms with Crippen LogP contribution in [-0.4, -0.2) is 38.8 Å². The Balaban J connectivity index is 1.75. The lowest BCUT2D eigenvalue weighted by molar-refractivity contribution is 0.0743. The highest BCUT2D eigenvalue weighted by Crippen LogP contribution is 2.16. The van der Waals surface area contributed by atoms with E-state index < -0.39 is 0 Å². The van der Waals surface area contributed by atoms with E-state index in [9.17, 15) is 4.79 Å². The number of aromatic nitrogens is 3. The largest absolute Gasteiger partial charge is 0.361 e. The van der Waals surface area contributed by atoms with Crippen molar-refractivity contribution in [1.82, 2.24) is 19.9 Å². The molecule has 0 fully saturated rings. The molecule has 112 valence electrons. The van der Waals surface area contributed by atoms with Crippen molar-refractivity contribution in [3.05, 3.63) is 60.3 Å². The number of carbonyl (C=O) groups is 1. The van der Waals surface area contributed by atoms with Gasteiger partial charge in [0.1, 0.15) is 0 Å². The molecule has 0 saturated heterocycles. The van der Waals surface area contributed by atoms with E-state index in [2.05, 4.69) is 15.0 Å². The fraction of sp³-hybridized carbons (Fsp3) is 0.235. The maximum atomic E-state index is 12.6. The molecule has 5 heteroatoms. The van der Waals surface area contributed by atoms with E-state index in [-0.39, 0.29) is 11.9 Å². The molecule has 1 atom stereocenters. The molecule has 0 radical (unpaired) electrons. The summed E-state index contributed by atoms with van der Waals surface area (Å²) in [5.41, 5.74) is 2.54. The summed E-state index contributed by atoms with van der Waals surface area (Å²) in [7, 11) is 1.82. The molecule has 1 aromatic carbocycles. The van der Waals surface area contributed by atoms with Crippen LogP contribution in [0.1, 0.15) is 23.0 Å². The zero-order chi connectivity index (χ0) is 15.5. The molecule has 5 nitrogen and oxygen atoms in total. The number of hydrogen-bond donors (Lipinski definition) is 1. The normalized spacial score (nSPS) is 12.3. The zero-order valence-corrected chi connectivity index (χ0v) is 12.7. The van der Waals surface area contributed by atoms with Crippen molar-refractivity contribution in [3.63, 3.8) is 0 Å². The van der Waals surface area contributed by atoms with Gasteiger partial charge in [-0.15, -0.1) is 0 Å². The van der Waals surface area contributed by atoms with Crippen LogP contribution in [0, 0.1) is 0 Å². The van der Waals surface area contributed by atoms with Crippen LogP contribution < -0.4 is 0 Å². The summed E-state index contributed by atoms with van der Waals surface area (Å²) in [6.07, 6.45) is 7.61. The Kier molecular flexibility index (Phi) is 3.87. The number of nitrogens with zero attached hydrogens (tertiary/aromatic N) is 3. The minimum absolute atomic E-state index is 0.00731. The minimum Gasteiger partial charge on any atom is -0.361 e. The first-order chi connectivity index (χ1) is 10.6. The van der Waals surface area contributed by atoms with Crippen LogP contribution in [-0.2, 0) is 6.42 Å². The first kappa shape index (κ1) is 14.3. The smallest absolute Gasteiger partial charge is 0.253 e. The molecule has 2 aromatic heterocycles. The molecule has 1 N–H and O–H groups in total. The van der Waals surface area contributed by atoms with Gasteiger partial charge in [-0.25, -0.2) is 0 Å². The van der Waals surface area contributed by atoms with Gasteiger partial charge < -0.3 is 9.88 Å². The molecule has 22 heavy (non-hydrogen) atoms. The van der Waals surface area contributed by atoms with Crippen molar-refractivity contribution in [2.75, 3.05) is 7.05 Å². The number of H-pyrrole nitrogens is 1. The number of aromatic amines is 1. The van der Waals surface area contributed by atoms with Gasteiger partial charge in [0.25, 0.3) is 5.91 Å². The third-order valence-electron chi connectivity index (χ3n) is 3.90. The van der Waals surface area contributed by atoms with E-state index >= 15 is 0 Å². The molecule has 0 aliphatic rings. The summed E-state index contributed by atoms with van der Waals surface area (Å²) in [5, 5.41) is 1.10. The lowest BCUT2D eigenvalue weighted by Crippen LogP contribution is -2.36. The number of rotatable bonds is 4. The SMILES string of the molecule is C[C@H](Cc1cnccn1)N(C)C(=O)c1ccc2cc[nH]c2c1. The number of hydrogen-bond acceptors (Lipinski definition) is 3. The highest BCUT2D eigenvalue weighted by molar-refractivity contribution is 5.97. The van der Waals surface area contributed by atoms with Gasteiger partial charge in [0.15, 0.2) is 0 Å². The number of likely N-dealkylation sites (N-methyl/N-ethyl adjacent to an activating group) is 1. The maximum absolute atomic E-state index is 12.6. The van der Waals surface area contributed by atoms with Crippen LogP contribution in [0.25, 0.3) is 10.9 Å². The average molecular weight is 294 g/mol. The molecule has 3 rings (SSSR count). The molecule has 0 spiro atoms. The highest BCUT2D eigenvalue weighted by atomic mass is 16.2. The molecular weight excluding hydrogens is 276 g/mol. The Morgan fingerprint density at radius 3 is 2.95 bits per heavy atom. The van der Waals surface area contributed by atoms with Gasteiger partial charge in [-0.3, -0.25) is 14.8 Å². The van der Waals surface area contributed by atoms with Gasteiger partial charge in [-0.05, 0) is 30.5 Å². The molecule has 0 unspecified atom stereocenters. The van der Waals surface area contributed by atoms with E-state index in [4.69, 9.17) is 0 Å². The maximum Gasteiger partial charge on any atom is 0.253 e. The summed E-state index contributed by atoms with van der Waals surface area (Å²) < 4.78 is 0. The summed E-state index contributed by atoms with van der Waals surface area (Å²) in [6, 6.07) is 7.75. The first-order valence-electron chi connectivity index (χ1n) is 7.24. The van der Waals surface area contributed by atoms with Crippen molar-refractivity contribution in [3.8, 4) is 0 Å². The van der Waals surface area contributed by atoms with Crippen LogP contribution in [0.4, 0.5) is 0 Å². The zero-order valence-electron chi connectivity index (χ0n) is 12.7. The summed E-state index contributed by atoms with van der Waals surface area (Å²) in [4.78, 5) is 25.8. The summed E-state index contributed by atoms with van der Waals surface area (Å²) in [6.45, 7) is 2.01. The molecule has 0 aliphatic heterocycles. The molecule has 3 aromatic rings. The second-order valence-corrected chi connectivity index (χ2v) is 5.45. The standard InChI is InChI=1S/C17H18N4O/c1-12(9-15-11-18-7-8-19-15)21(2)17(22)14-4-3-13-5-6-20-16(13)10-14/h3-8,10-12,20H,9H2,1-2H3/t12-/m1/s1. The van der Waals surface area contributed by atoms with Crippen molar-refractivity contribution in [2.45, 2.75) is 19.4 Å². The third kappa shape index (κ3) is 2.83. The number of benzene rings is 1. The molecule has 0 aliphatic carbocycles. The number of fused-ring (bicyclic) bond motifs is 1. The predicted octanol–water partition coefficient (Wildman–Crippen LogP) is 2.66. The minimum atomic E-state index is 0.00731. The summed E-state index contributed by atoms with van der Waals surface area (Å²) in [5.74, 6) is 0.00731. The molecule has 0 bridgehead atoms. The van der Waals surface area contributed by atoms with E-state index in [1.165, 1.54) is 0 Å². The van der Waals surface area contributed by atoms with Crippen molar-refractivity contribution < 1.29 is 4.79 Å². The molecular formula is C17H18N4O. The Labute approximate surface area is 129 Å². The van der Waals surface area contributed by atoms with Gasteiger partial charge in [0.05, 0.1) is 5.69 Å². The fourth-order valence-electron chi connectivity index (χ4n) is 2.46. The topological polar surface area (TPSA) is 61.9 Å². The molecule has 0 saturated carbocycles. The van der Waals surface area contributed by atoms with E-state index in [0.717, 1.165) is 16.6 Å². The van der Waals surface area contributed by atoms with Crippen LogP contribution in [0.3, 0.4) is 0 Å². The number of amides is 1. The number of nitrogens with one attached hydrogen (secondary N) is 1. The molecule has 2 heterocycles. The lowest BCUT2D eigenvalue weighted by Gasteiger charge is -2.24. The first-order valence-corrected chi connectivity index (χ1v) is 7.24. The molecule has 1 amide bonds.